The van der Waals surface area contributed by atoms with Crippen LogP contribution >= 0.6 is 0 Å². The quantitative estimate of drug-likeness (QED) is 0.559. The van der Waals surface area contributed by atoms with Crippen LogP contribution < -0.4 is 5.32 Å². The Kier molecular flexibility index (Phi) is 5.80. The van der Waals surface area contributed by atoms with Crippen molar-refractivity contribution in [3.05, 3.63) is 0 Å². The summed E-state index contributed by atoms with van der Waals surface area (Å²) in [5.74, 6) is 2.85. The van der Waals surface area contributed by atoms with E-state index in [1.807, 2.05) is 20.8 Å². The zero-order chi connectivity index (χ0) is 14.6. The van der Waals surface area contributed by atoms with Crippen molar-refractivity contribution in [1.82, 2.24) is 10.2 Å². The fraction of sp³-hybridized carbons (Fsp3) is 0.786. The molecule has 0 aromatic rings. The maximum atomic E-state index is 12.5. The van der Waals surface area contributed by atoms with E-state index in [2.05, 4.69) is 11.2 Å². The zero-order valence-corrected chi connectivity index (χ0v) is 12.1. The monoisotopic (exact) mass is 268 g/mol. The molecule has 0 radical (unpaired) electrons. The highest BCUT2D eigenvalue weighted by atomic mass is 16.6. The molecule has 1 heterocycles. The summed E-state index contributed by atoms with van der Waals surface area (Å²) in [4.78, 5) is 14.3. The molecule has 4 atom stereocenters. The van der Waals surface area contributed by atoms with Gasteiger partial charge in [0.15, 0.2) is 0 Å². The van der Waals surface area contributed by atoms with Gasteiger partial charge in [0, 0.05) is 25.6 Å². The first kappa shape index (κ1) is 16.0. The van der Waals surface area contributed by atoms with Crippen LogP contribution in [0.25, 0.3) is 0 Å². The van der Waals surface area contributed by atoms with Gasteiger partial charge in [-0.05, 0) is 19.3 Å². The van der Waals surface area contributed by atoms with E-state index >= 15 is 0 Å². The minimum atomic E-state index is -1.14. The Balaban J connectivity index is 2.75. The Hall–Kier alpha value is -1.09. The number of carbonyl (C=O) groups excluding carboxylic acids is 1. The van der Waals surface area contributed by atoms with Crippen LogP contribution in [-0.4, -0.2) is 48.1 Å². The van der Waals surface area contributed by atoms with Crippen LogP contribution in [-0.2, 0) is 9.53 Å². The van der Waals surface area contributed by atoms with Gasteiger partial charge in [-0.2, -0.15) is 0 Å². The second-order valence-corrected chi connectivity index (χ2v) is 5.42. The number of carbonyl (C=O) groups is 1. The Morgan fingerprint density at radius 1 is 1.58 bits per heavy atom. The SMILES string of the molecule is C#CC1CC(C)N(C(=O)C(NC(O)OC)C(C)C)C1. The van der Waals surface area contributed by atoms with E-state index in [0.29, 0.717) is 6.54 Å². The summed E-state index contributed by atoms with van der Waals surface area (Å²) >= 11 is 0. The first-order valence-electron chi connectivity index (χ1n) is 6.64. The molecular weight excluding hydrogens is 244 g/mol. The minimum Gasteiger partial charge on any atom is -0.356 e. The second-order valence-electron chi connectivity index (χ2n) is 5.42. The molecule has 0 aromatic carbocycles. The van der Waals surface area contributed by atoms with E-state index < -0.39 is 12.5 Å². The summed E-state index contributed by atoms with van der Waals surface area (Å²) in [6, 6.07) is -0.342. The number of methoxy groups -OCH3 is 1. The highest BCUT2D eigenvalue weighted by Gasteiger charge is 2.36. The summed E-state index contributed by atoms with van der Waals surface area (Å²) < 4.78 is 4.75. The normalized spacial score (nSPS) is 26.3. The van der Waals surface area contributed by atoms with Crippen molar-refractivity contribution in [2.24, 2.45) is 11.8 Å². The van der Waals surface area contributed by atoms with E-state index in [1.54, 1.807) is 4.90 Å². The van der Waals surface area contributed by atoms with Crippen molar-refractivity contribution in [2.45, 2.75) is 45.7 Å². The molecule has 0 aliphatic carbocycles. The first-order chi connectivity index (χ1) is 8.90. The molecule has 1 aliphatic rings. The molecule has 19 heavy (non-hydrogen) atoms. The van der Waals surface area contributed by atoms with Crippen LogP contribution in [0, 0.1) is 24.2 Å². The van der Waals surface area contributed by atoms with Gasteiger partial charge in [-0.3, -0.25) is 10.1 Å². The predicted molar refractivity (Wildman–Crippen MR) is 72.9 cm³/mol. The lowest BCUT2D eigenvalue weighted by molar-refractivity contribution is -0.144. The Labute approximate surface area is 115 Å². The zero-order valence-electron chi connectivity index (χ0n) is 12.1. The molecule has 1 fully saturated rings. The molecule has 0 saturated carbocycles. The number of hydrogen-bond acceptors (Lipinski definition) is 4. The summed E-state index contributed by atoms with van der Waals surface area (Å²) in [5.41, 5.74) is 0. The van der Waals surface area contributed by atoms with Gasteiger partial charge in [0.2, 0.25) is 12.3 Å². The predicted octanol–water partition coefficient (Wildman–Crippen LogP) is 0.393. The average Bonchev–Trinajstić information content (AvgIpc) is 2.75. The molecule has 0 bridgehead atoms. The van der Waals surface area contributed by atoms with Gasteiger partial charge < -0.3 is 14.7 Å². The summed E-state index contributed by atoms with van der Waals surface area (Å²) in [7, 11) is 1.38. The van der Waals surface area contributed by atoms with Crippen molar-refractivity contribution in [3.8, 4) is 12.3 Å². The van der Waals surface area contributed by atoms with Crippen LogP contribution in [0.3, 0.4) is 0 Å². The van der Waals surface area contributed by atoms with E-state index in [4.69, 9.17) is 11.2 Å². The summed E-state index contributed by atoms with van der Waals surface area (Å²) in [6.07, 6.45) is 5.13. The Morgan fingerprint density at radius 3 is 2.63 bits per heavy atom. The van der Waals surface area contributed by atoms with Gasteiger partial charge in [-0.15, -0.1) is 12.3 Å². The molecular formula is C14H24N2O3. The van der Waals surface area contributed by atoms with Crippen LogP contribution in [0.15, 0.2) is 0 Å². The molecule has 1 aliphatic heterocycles. The van der Waals surface area contributed by atoms with Gasteiger partial charge in [-0.1, -0.05) is 13.8 Å². The van der Waals surface area contributed by atoms with Crippen LogP contribution in [0.2, 0.25) is 0 Å². The number of hydrogen-bond donors (Lipinski definition) is 2. The van der Waals surface area contributed by atoms with Gasteiger partial charge >= 0.3 is 0 Å². The third-order valence-electron chi connectivity index (χ3n) is 3.57. The minimum absolute atomic E-state index is 0.0312. The molecule has 1 saturated heterocycles. The lowest BCUT2D eigenvalue weighted by Gasteiger charge is -2.30. The Bertz CT molecular complexity index is 351. The van der Waals surface area contributed by atoms with E-state index in [1.165, 1.54) is 7.11 Å². The van der Waals surface area contributed by atoms with Gasteiger partial charge in [0.25, 0.3) is 0 Å². The standard InChI is InChI=1S/C14H24N2O3/c1-6-11-7-10(4)16(8-11)13(17)12(9(2)3)15-14(18)19-5/h1,9-12,14-15,18H,7-8H2,2-5H3. The lowest BCUT2D eigenvalue weighted by atomic mass is 10.0. The number of amides is 1. The number of nitrogens with one attached hydrogen (secondary N) is 1. The molecule has 0 aromatic heterocycles. The third kappa shape index (κ3) is 3.93. The largest absolute Gasteiger partial charge is 0.356 e. The topological polar surface area (TPSA) is 61.8 Å². The number of terminal acetylenes is 1. The number of ether oxygens (including phenoxy) is 1. The maximum Gasteiger partial charge on any atom is 0.240 e. The fourth-order valence-electron chi connectivity index (χ4n) is 2.41. The van der Waals surface area contributed by atoms with Crippen molar-refractivity contribution in [2.75, 3.05) is 13.7 Å². The molecule has 1 rings (SSSR count). The van der Waals surface area contributed by atoms with Gasteiger partial charge in [0.1, 0.15) is 0 Å². The van der Waals surface area contributed by atoms with E-state index in [-0.39, 0.29) is 23.8 Å². The van der Waals surface area contributed by atoms with Crippen molar-refractivity contribution >= 4 is 5.91 Å². The molecule has 5 heteroatoms. The van der Waals surface area contributed by atoms with Crippen molar-refractivity contribution in [3.63, 3.8) is 0 Å². The van der Waals surface area contributed by atoms with E-state index in [9.17, 15) is 9.90 Å². The highest BCUT2D eigenvalue weighted by molar-refractivity contribution is 5.82. The highest BCUT2D eigenvalue weighted by Crippen LogP contribution is 2.24. The molecule has 2 N–H and O–H groups in total. The number of aliphatic hydroxyl groups excluding tert-OH is 1. The number of rotatable bonds is 5. The fourth-order valence-corrected chi connectivity index (χ4v) is 2.41. The molecule has 4 unspecified atom stereocenters. The van der Waals surface area contributed by atoms with Crippen molar-refractivity contribution < 1.29 is 14.6 Å². The third-order valence-corrected chi connectivity index (χ3v) is 3.57. The van der Waals surface area contributed by atoms with E-state index in [0.717, 1.165) is 6.42 Å². The van der Waals surface area contributed by atoms with Gasteiger partial charge in [0.05, 0.1) is 6.04 Å². The average molecular weight is 268 g/mol. The number of aliphatic hydroxyl groups is 1. The lowest BCUT2D eigenvalue weighted by Crippen LogP contribution is -2.53. The molecule has 1 amide bonds. The molecule has 108 valence electrons. The number of likely N-dealkylation sites (tertiary alicyclic amines) is 1. The number of nitrogens with zero attached hydrogens (tertiary/aromatic N) is 1. The first-order valence-corrected chi connectivity index (χ1v) is 6.64. The summed E-state index contributed by atoms with van der Waals surface area (Å²) in [5, 5.41) is 12.3. The molecule has 0 spiro atoms. The maximum absolute atomic E-state index is 12.5. The summed E-state index contributed by atoms with van der Waals surface area (Å²) in [6.45, 7) is 6.44. The van der Waals surface area contributed by atoms with Crippen LogP contribution in [0.4, 0.5) is 0 Å². The Morgan fingerprint density at radius 2 is 2.21 bits per heavy atom. The smallest absolute Gasteiger partial charge is 0.240 e. The van der Waals surface area contributed by atoms with Crippen LogP contribution in [0.5, 0.6) is 0 Å². The second kappa shape index (κ2) is 6.90. The van der Waals surface area contributed by atoms with Crippen LogP contribution in [0.1, 0.15) is 27.2 Å². The van der Waals surface area contributed by atoms with Crippen molar-refractivity contribution in [1.29, 1.82) is 0 Å². The molecule has 5 nitrogen and oxygen atoms in total. The van der Waals surface area contributed by atoms with Gasteiger partial charge in [-0.25, -0.2) is 0 Å².